The highest BCUT2D eigenvalue weighted by Crippen LogP contribution is 2.12. The normalized spacial score (nSPS) is 20.3. The Kier molecular flexibility index (Phi) is 13.9. The zero-order valence-corrected chi connectivity index (χ0v) is 17.3. The SMILES string of the molecule is NC(=O)CC[C@H](N)C(=O)N(C[C@H](O)[C@@H](O)[C@H](O)[C@H](O)CO)C[C@H](O)[C@@H](O)[C@H](O)[C@H](O)CO. The first kappa shape index (κ1) is 30.5. The second-order valence-corrected chi connectivity index (χ2v) is 7.45. The van der Waals surface area contributed by atoms with Gasteiger partial charge in [0, 0.05) is 19.5 Å². The number of aliphatic hydroxyl groups is 10. The fourth-order valence-electron chi connectivity index (χ4n) is 2.70. The number of hydrogen-bond acceptors (Lipinski definition) is 13. The third-order valence-corrected chi connectivity index (χ3v) is 4.80. The van der Waals surface area contributed by atoms with Crippen LogP contribution >= 0.6 is 0 Å². The van der Waals surface area contributed by atoms with E-state index in [1.165, 1.54) is 0 Å². The molecule has 0 aliphatic heterocycles. The van der Waals surface area contributed by atoms with Crippen molar-refractivity contribution in [1.82, 2.24) is 4.90 Å². The van der Waals surface area contributed by atoms with E-state index in [0.29, 0.717) is 4.90 Å². The summed E-state index contributed by atoms with van der Waals surface area (Å²) in [4.78, 5) is 24.2. The molecule has 0 spiro atoms. The minimum absolute atomic E-state index is 0.223. The Labute approximate surface area is 183 Å². The fourth-order valence-corrected chi connectivity index (χ4v) is 2.70. The Morgan fingerprint density at radius 3 is 1.34 bits per heavy atom. The van der Waals surface area contributed by atoms with Crippen LogP contribution < -0.4 is 11.5 Å². The molecule has 9 atom stereocenters. The number of carbonyl (C=O) groups is 2. The number of hydrogen-bond donors (Lipinski definition) is 12. The predicted molar refractivity (Wildman–Crippen MR) is 105 cm³/mol. The second kappa shape index (κ2) is 14.6. The molecule has 0 rings (SSSR count). The Morgan fingerprint density at radius 2 is 1.03 bits per heavy atom. The van der Waals surface area contributed by atoms with Crippen LogP contribution in [-0.2, 0) is 9.59 Å². The van der Waals surface area contributed by atoms with Gasteiger partial charge >= 0.3 is 0 Å². The highest BCUT2D eigenvalue weighted by Gasteiger charge is 2.36. The van der Waals surface area contributed by atoms with Crippen molar-refractivity contribution in [1.29, 1.82) is 0 Å². The summed E-state index contributed by atoms with van der Waals surface area (Å²) in [6.07, 6.45) is -16.1. The molecule has 0 saturated heterocycles. The lowest BCUT2D eigenvalue weighted by Gasteiger charge is -2.34. The molecule has 0 bridgehead atoms. The van der Waals surface area contributed by atoms with Crippen LogP contribution in [0.4, 0.5) is 0 Å². The van der Waals surface area contributed by atoms with Crippen LogP contribution in [-0.4, -0.2) is 149 Å². The average Bonchev–Trinajstić information content (AvgIpc) is 2.77. The molecule has 0 aromatic rings. The van der Waals surface area contributed by atoms with Gasteiger partial charge in [0.25, 0.3) is 0 Å². The number of nitrogens with two attached hydrogens (primary N) is 2. The summed E-state index contributed by atoms with van der Waals surface area (Å²) in [5.74, 6) is -1.73. The number of rotatable bonds is 16. The number of carbonyl (C=O) groups excluding carboxylic acids is 2. The quantitative estimate of drug-likeness (QED) is 0.0992. The van der Waals surface area contributed by atoms with Gasteiger partial charge in [0.15, 0.2) is 0 Å². The maximum atomic E-state index is 12.7. The molecule has 0 heterocycles. The molecule has 15 nitrogen and oxygen atoms in total. The van der Waals surface area contributed by atoms with Crippen molar-refractivity contribution >= 4 is 11.8 Å². The average molecular weight is 473 g/mol. The summed E-state index contributed by atoms with van der Waals surface area (Å²) < 4.78 is 0. The molecule has 0 unspecified atom stereocenters. The lowest BCUT2D eigenvalue weighted by atomic mass is 10.0. The lowest BCUT2D eigenvalue weighted by Crippen LogP contribution is -2.56. The number of amides is 2. The van der Waals surface area contributed by atoms with E-state index in [2.05, 4.69) is 0 Å². The van der Waals surface area contributed by atoms with E-state index >= 15 is 0 Å². The fraction of sp³-hybridized carbons (Fsp3) is 0.882. The molecule has 0 radical (unpaired) electrons. The summed E-state index contributed by atoms with van der Waals surface area (Å²) in [5, 5.41) is 96.1. The van der Waals surface area contributed by atoms with Crippen LogP contribution in [0.3, 0.4) is 0 Å². The first-order valence-corrected chi connectivity index (χ1v) is 9.77. The van der Waals surface area contributed by atoms with E-state index in [4.69, 9.17) is 21.7 Å². The van der Waals surface area contributed by atoms with Gasteiger partial charge < -0.3 is 67.4 Å². The van der Waals surface area contributed by atoms with E-state index in [9.17, 15) is 50.4 Å². The number of aliphatic hydroxyl groups excluding tert-OH is 10. The molecular formula is C17H35N3O12. The predicted octanol–water partition coefficient (Wildman–Crippen LogP) is -7.72. The zero-order chi connectivity index (χ0) is 25.2. The summed E-state index contributed by atoms with van der Waals surface area (Å²) in [7, 11) is 0. The van der Waals surface area contributed by atoms with Crippen LogP contribution in [0, 0.1) is 0 Å². The van der Waals surface area contributed by atoms with Gasteiger partial charge in [-0.05, 0) is 6.42 Å². The van der Waals surface area contributed by atoms with Crippen molar-refractivity contribution in [2.45, 2.75) is 67.7 Å². The van der Waals surface area contributed by atoms with Gasteiger partial charge in [-0.15, -0.1) is 0 Å². The van der Waals surface area contributed by atoms with Gasteiger partial charge in [-0.2, -0.15) is 0 Å². The third-order valence-electron chi connectivity index (χ3n) is 4.80. The van der Waals surface area contributed by atoms with Gasteiger partial charge in [0.1, 0.15) is 48.8 Å². The molecule has 15 heteroatoms. The molecular weight excluding hydrogens is 438 g/mol. The zero-order valence-electron chi connectivity index (χ0n) is 17.3. The summed E-state index contributed by atoms with van der Waals surface area (Å²) >= 11 is 0. The Bertz CT molecular complexity index is 541. The van der Waals surface area contributed by atoms with Crippen LogP contribution in [0.2, 0.25) is 0 Å². The summed E-state index contributed by atoms with van der Waals surface area (Å²) in [5.41, 5.74) is 10.7. The van der Waals surface area contributed by atoms with Gasteiger partial charge in [-0.1, -0.05) is 0 Å². The highest BCUT2D eigenvalue weighted by atomic mass is 16.4. The Balaban J connectivity index is 5.51. The number of primary amides is 1. The van der Waals surface area contributed by atoms with Crippen molar-refractivity contribution in [3.63, 3.8) is 0 Å². The van der Waals surface area contributed by atoms with Gasteiger partial charge in [-0.25, -0.2) is 0 Å². The van der Waals surface area contributed by atoms with Gasteiger partial charge in [0.2, 0.25) is 11.8 Å². The first-order chi connectivity index (χ1) is 14.8. The third kappa shape index (κ3) is 9.55. The van der Waals surface area contributed by atoms with Crippen LogP contribution in [0.5, 0.6) is 0 Å². The molecule has 190 valence electrons. The van der Waals surface area contributed by atoms with E-state index in [-0.39, 0.29) is 12.8 Å². The highest BCUT2D eigenvalue weighted by molar-refractivity contribution is 5.83. The molecule has 0 fully saturated rings. The molecule has 0 saturated carbocycles. The largest absolute Gasteiger partial charge is 0.394 e. The standard InChI is InChI=1S/C17H35N3O12/c18-7(1-2-12(19)27)17(32)20(3-8(23)13(28)15(30)10(25)5-21)4-9(24)14(29)16(31)11(26)6-22/h7-11,13-16,21-26,28-31H,1-6,18H2,(H2,19,27)/t7-,8-,9-,10+,11+,13+,14+,15+,16+/m0/s1. The van der Waals surface area contributed by atoms with Crippen molar-refractivity contribution in [2.75, 3.05) is 26.3 Å². The van der Waals surface area contributed by atoms with Gasteiger partial charge in [0.05, 0.1) is 19.3 Å². The molecule has 14 N–H and O–H groups in total. The molecule has 0 aliphatic rings. The first-order valence-electron chi connectivity index (χ1n) is 9.77. The Hall–Kier alpha value is -1.50. The minimum Gasteiger partial charge on any atom is -0.394 e. The maximum absolute atomic E-state index is 12.7. The van der Waals surface area contributed by atoms with Crippen molar-refractivity contribution in [3.05, 3.63) is 0 Å². The van der Waals surface area contributed by atoms with Crippen molar-refractivity contribution in [3.8, 4) is 0 Å². The van der Waals surface area contributed by atoms with Crippen molar-refractivity contribution in [2.24, 2.45) is 11.5 Å². The van der Waals surface area contributed by atoms with E-state index in [1.54, 1.807) is 0 Å². The molecule has 2 amide bonds. The van der Waals surface area contributed by atoms with Gasteiger partial charge in [-0.3, -0.25) is 9.59 Å². The molecule has 32 heavy (non-hydrogen) atoms. The van der Waals surface area contributed by atoms with E-state index < -0.39 is 93.0 Å². The lowest BCUT2D eigenvalue weighted by molar-refractivity contribution is -0.149. The van der Waals surface area contributed by atoms with Crippen LogP contribution in [0.15, 0.2) is 0 Å². The van der Waals surface area contributed by atoms with Crippen LogP contribution in [0.25, 0.3) is 0 Å². The van der Waals surface area contributed by atoms with E-state index in [1.807, 2.05) is 0 Å². The maximum Gasteiger partial charge on any atom is 0.239 e. The van der Waals surface area contributed by atoms with E-state index in [0.717, 1.165) is 0 Å². The smallest absolute Gasteiger partial charge is 0.239 e. The van der Waals surface area contributed by atoms with Crippen molar-refractivity contribution < 1.29 is 60.7 Å². The number of nitrogens with zero attached hydrogens (tertiary/aromatic N) is 1. The van der Waals surface area contributed by atoms with Crippen LogP contribution in [0.1, 0.15) is 12.8 Å². The second-order valence-electron chi connectivity index (χ2n) is 7.45. The molecule has 0 aliphatic carbocycles. The molecule has 0 aromatic carbocycles. The monoisotopic (exact) mass is 473 g/mol. The molecule has 0 aromatic heterocycles. The summed E-state index contributed by atoms with van der Waals surface area (Å²) in [6, 6.07) is -1.36. The Morgan fingerprint density at radius 1 is 0.688 bits per heavy atom. The topological polar surface area (TPSA) is 292 Å². The summed E-state index contributed by atoms with van der Waals surface area (Å²) in [6.45, 7) is -3.49. The minimum atomic E-state index is -2.06.